The van der Waals surface area contributed by atoms with E-state index in [0.29, 0.717) is 31.2 Å². The molecule has 154 valence electrons. The van der Waals surface area contributed by atoms with Gasteiger partial charge in [-0.25, -0.2) is 0 Å². The van der Waals surface area contributed by atoms with Gasteiger partial charge in [0.15, 0.2) is 0 Å². The van der Waals surface area contributed by atoms with Gasteiger partial charge in [0.05, 0.1) is 0 Å². The van der Waals surface area contributed by atoms with Crippen molar-refractivity contribution in [1.29, 1.82) is 0 Å². The van der Waals surface area contributed by atoms with Gasteiger partial charge in [-0.15, -0.1) is 0 Å². The van der Waals surface area contributed by atoms with Crippen LogP contribution in [-0.2, 0) is 0 Å². The molecule has 0 saturated heterocycles. The van der Waals surface area contributed by atoms with Crippen LogP contribution in [0.1, 0.15) is 20.7 Å². The Kier molecular flexibility index (Phi) is 7.67. The molecule has 10 heteroatoms. The Hall–Kier alpha value is -0.520. The average Bonchev–Trinajstić information content (AvgIpc) is 2.69. The maximum atomic E-state index is 12.4. The first-order chi connectivity index (χ1) is 14.1. The van der Waals surface area contributed by atoms with Crippen LogP contribution in [0.2, 0.25) is 0 Å². The molecule has 0 unspecified atom stereocenters. The summed E-state index contributed by atoms with van der Waals surface area (Å²) in [6.07, 6.45) is 0. The summed E-state index contributed by atoms with van der Waals surface area (Å²) in [5.41, 5.74) is 14.3. The number of carbonyl (C=O) groups excluding carboxylic acids is 2. The van der Waals surface area contributed by atoms with Crippen molar-refractivity contribution in [3.05, 3.63) is 74.4 Å². The zero-order chi connectivity index (χ0) is 22.3. The summed E-state index contributed by atoms with van der Waals surface area (Å²) in [4.78, 5) is 24.7. The molecule has 3 aromatic rings. The van der Waals surface area contributed by atoms with E-state index in [2.05, 4.69) is 95.6 Å². The SMILES string of the molecule is NC(=O)c1ccc(C(N)=O)c(-c2ccc(Br)c(Br)c2Br)c1-c1ccc(Br)c(Br)c1Br. The van der Waals surface area contributed by atoms with Gasteiger partial charge in [0.1, 0.15) is 0 Å². The smallest absolute Gasteiger partial charge is 0.249 e. The zero-order valence-electron chi connectivity index (χ0n) is 14.7. The minimum atomic E-state index is -0.625. The van der Waals surface area contributed by atoms with Crippen molar-refractivity contribution in [1.82, 2.24) is 0 Å². The number of benzene rings is 3. The van der Waals surface area contributed by atoms with Crippen LogP contribution < -0.4 is 11.5 Å². The molecule has 3 rings (SSSR count). The molecule has 4 nitrogen and oxygen atoms in total. The molecule has 0 saturated carbocycles. The number of carbonyl (C=O) groups is 2. The number of amides is 2. The van der Waals surface area contributed by atoms with E-state index in [0.717, 1.165) is 17.9 Å². The van der Waals surface area contributed by atoms with E-state index in [9.17, 15) is 9.59 Å². The van der Waals surface area contributed by atoms with E-state index >= 15 is 0 Å². The van der Waals surface area contributed by atoms with E-state index in [1.165, 1.54) is 12.1 Å². The summed E-state index contributed by atoms with van der Waals surface area (Å²) in [6, 6.07) is 10.4. The number of halogens is 6. The average molecular weight is 790 g/mol. The van der Waals surface area contributed by atoms with Gasteiger partial charge in [0, 0.05) is 49.1 Å². The number of nitrogens with two attached hydrogens (primary N) is 2. The van der Waals surface area contributed by atoms with Crippen LogP contribution in [0.15, 0.2) is 63.2 Å². The molecule has 0 aliphatic rings. The molecule has 0 spiro atoms. The fourth-order valence-electron chi connectivity index (χ4n) is 3.01. The molecule has 30 heavy (non-hydrogen) atoms. The van der Waals surface area contributed by atoms with E-state index in [-0.39, 0.29) is 11.1 Å². The Balaban J connectivity index is 2.58. The summed E-state index contributed by atoms with van der Waals surface area (Å²) in [6.45, 7) is 0. The Bertz CT molecular complexity index is 1130. The van der Waals surface area contributed by atoms with E-state index < -0.39 is 11.8 Å². The third kappa shape index (κ3) is 4.36. The van der Waals surface area contributed by atoms with Gasteiger partial charge >= 0.3 is 0 Å². The van der Waals surface area contributed by atoms with Crippen molar-refractivity contribution in [2.75, 3.05) is 0 Å². The second-order valence-electron chi connectivity index (χ2n) is 6.09. The number of hydrogen-bond donors (Lipinski definition) is 2. The predicted octanol–water partition coefficient (Wildman–Crippen LogP) is 7.79. The fourth-order valence-corrected chi connectivity index (χ4v) is 5.98. The van der Waals surface area contributed by atoms with Crippen LogP contribution in [-0.4, -0.2) is 11.8 Å². The van der Waals surface area contributed by atoms with Crippen LogP contribution in [0.25, 0.3) is 22.3 Å². The molecular formula is C20H10Br6N2O2. The van der Waals surface area contributed by atoms with Crippen LogP contribution >= 0.6 is 95.6 Å². The summed E-state index contributed by atoms with van der Waals surface area (Å²) in [5.74, 6) is -1.25. The van der Waals surface area contributed by atoms with Crippen molar-refractivity contribution in [2.24, 2.45) is 11.5 Å². The summed E-state index contributed by atoms with van der Waals surface area (Å²) < 4.78 is 4.52. The topological polar surface area (TPSA) is 86.2 Å². The fraction of sp³-hybridized carbons (Fsp3) is 0. The molecule has 2 amide bonds. The van der Waals surface area contributed by atoms with Gasteiger partial charge in [-0.05, 0) is 131 Å². The maximum Gasteiger partial charge on any atom is 0.249 e. The third-order valence-corrected chi connectivity index (χ3v) is 11.1. The van der Waals surface area contributed by atoms with E-state index in [1.807, 2.05) is 24.3 Å². The molecule has 0 radical (unpaired) electrons. The van der Waals surface area contributed by atoms with Gasteiger partial charge in [0.2, 0.25) is 11.8 Å². The molecule has 0 heterocycles. The predicted molar refractivity (Wildman–Crippen MR) is 141 cm³/mol. The van der Waals surface area contributed by atoms with Crippen molar-refractivity contribution in [3.63, 3.8) is 0 Å². The summed E-state index contributed by atoms with van der Waals surface area (Å²) in [5, 5.41) is 0. The minimum Gasteiger partial charge on any atom is -0.366 e. The highest BCUT2D eigenvalue weighted by molar-refractivity contribution is 9.15. The first-order valence-corrected chi connectivity index (χ1v) is 12.9. The van der Waals surface area contributed by atoms with E-state index in [4.69, 9.17) is 11.5 Å². The van der Waals surface area contributed by atoms with Crippen molar-refractivity contribution >= 4 is 107 Å². The second kappa shape index (κ2) is 9.54. The quantitative estimate of drug-likeness (QED) is 0.265. The second-order valence-corrected chi connectivity index (χ2v) is 11.0. The Morgan fingerprint density at radius 1 is 0.533 bits per heavy atom. The highest BCUT2D eigenvalue weighted by Crippen LogP contribution is 2.48. The number of primary amides is 2. The molecular weight excluding hydrogens is 780 g/mol. The van der Waals surface area contributed by atoms with E-state index in [1.54, 1.807) is 0 Å². The molecule has 0 aliphatic heterocycles. The normalized spacial score (nSPS) is 10.9. The molecule has 0 fully saturated rings. The molecule has 0 aliphatic carbocycles. The molecule has 0 bridgehead atoms. The van der Waals surface area contributed by atoms with Gasteiger partial charge in [-0.3, -0.25) is 9.59 Å². The Morgan fingerprint density at radius 2 is 0.867 bits per heavy atom. The third-order valence-electron chi connectivity index (χ3n) is 4.35. The van der Waals surface area contributed by atoms with Crippen molar-refractivity contribution < 1.29 is 9.59 Å². The lowest BCUT2D eigenvalue weighted by Gasteiger charge is -2.20. The lowest BCUT2D eigenvalue weighted by Crippen LogP contribution is -2.17. The largest absolute Gasteiger partial charge is 0.366 e. The van der Waals surface area contributed by atoms with Gasteiger partial charge in [-0.2, -0.15) is 0 Å². The van der Waals surface area contributed by atoms with Crippen molar-refractivity contribution in [3.8, 4) is 22.3 Å². The molecule has 3 aromatic carbocycles. The molecule has 0 aromatic heterocycles. The number of rotatable bonds is 4. The van der Waals surface area contributed by atoms with Gasteiger partial charge in [-0.1, -0.05) is 12.1 Å². The van der Waals surface area contributed by atoms with Gasteiger partial charge in [0.25, 0.3) is 0 Å². The first-order valence-electron chi connectivity index (χ1n) is 8.10. The highest BCUT2D eigenvalue weighted by Gasteiger charge is 2.26. The monoisotopic (exact) mass is 784 g/mol. The summed E-state index contributed by atoms with van der Waals surface area (Å²) in [7, 11) is 0. The zero-order valence-corrected chi connectivity index (χ0v) is 24.2. The molecule has 4 N–H and O–H groups in total. The Labute approximate surface area is 222 Å². The van der Waals surface area contributed by atoms with Crippen LogP contribution in [0.5, 0.6) is 0 Å². The van der Waals surface area contributed by atoms with Gasteiger partial charge < -0.3 is 11.5 Å². The lowest BCUT2D eigenvalue weighted by molar-refractivity contribution is 0.0989. The Morgan fingerprint density at radius 3 is 1.17 bits per heavy atom. The number of hydrogen-bond acceptors (Lipinski definition) is 2. The minimum absolute atomic E-state index is 0.260. The van der Waals surface area contributed by atoms with Crippen LogP contribution in [0, 0.1) is 0 Å². The van der Waals surface area contributed by atoms with Crippen LogP contribution in [0.3, 0.4) is 0 Å². The molecule has 0 atom stereocenters. The first kappa shape index (κ1) is 24.1. The standard InChI is InChI=1S/C20H10Br6N2O2/c21-11-5-3-7(15(23)17(11)25)13-9(19(27)29)1-2-10(20(28)30)14(13)8-4-6-12(22)18(26)16(8)24/h1-6H,(H2,27,29)(H2,28,30). The lowest BCUT2D eigenvalue weighted by atomic mass is 9.86. The van der Waals surface area contributed by atoms with Crippen LogP contribution in [0.4, 0.5) is 0 Å². The maximum absolute atomic E-state index is 12.4. The van der Waals surface area contributed by atoms with Crippen molar-refractivity contribution in [2.45, 2.75) is 0 Å². The highest BCUT2D eigenvalue weighted by atomic mass is 79.9. The summed E-state index contributed by atoms with van der Waals surface area (Å²) >= 11 is 21.2.